The molecule has 1 fully saturated rings. The molecular weight excluding hydrogens is 574 g/mol. The smallest absolute Gasteiger partial charge is 0.264 e. The number of ether oxygens (including phenoxy) is 2. The SMILES string of the molecule is COc1ccc(C(=O)Nc2cccc(CN3C(=O)[C@](O)([C@H](C)/C=C/CC(=O)N4CCC[C@H]4CO)c4cc(OC)ccc43)c2)cc1. The second-order valence-electron chi connectivity index (χ2n) is 11.4. The molecule has 45 heavy (non-hydrogen) atoms. The predicted octanol–water partition coefficient (Wildman–Crippen LogP) is 4.26. The first-order valence-electron chi connectivity index (χ1n) is 15.0. The van der Waals surface area contributed by atoms with Crippen LogP contribution in [0.2, 0.25) is 0 Å². The monoisotopic (exact) mass is 613 g/mol. The minimum atomic E-state index is -1.90. The third-order valence-corrected chi connectivity index (χ3v) is 8.64. The number of hydrogen-bond acceptors (Lipinski definition) is 7. The van der Waals surface area contributed by atoms with Gasteiger partial charge in [0, 0.05) is 35.7 Å². The molecule has 2 heterocycles. The van der Waals surface area contributed by atoms with Gasteiger partial charge in [0.15, 0.2) is 5.60 Å². The van der Waals surface area contributed by atoms with Gasteiger partial charge in [-0.05, 0) is 73.0 Å². The fraction of sp³-hybridized carbons (Fsp3) is 0.343. The lowest BCUT2D eigenvalue weighted by molar-refractivity contribution is -0.139. The van der Waals surface area contributed by atoms with E-state index in [1.807, 2.05) is 6.07 Å². The average molecular weight is 614 g/mol. The van der Waals surface area contributed by atoms with Gasteiger partial charge >= 0.3 is 0 Å². The number of methoxy groups -OCH3 is 2. The van der Waals surface area contributed by atoms with Gasteiger partial charge in [-0.25, -0.2) is 0 Å². The number of nitrogens with one attached hydrogen (secondary N) is 1. The van der Waals surface area contributed by atoms with E-state index in [2.05, 4.69) is 5.32 Å². The van der Waals surface area contributed by atoms with Crippen LogP contribution in [0.1, 0.15) is 47.7 Å². The van der Waals surface area contributed by atoms with Gasteiger partial charge in [0.1, 0.15) is 11.5 Å². The maximum absolute atomic E-state index is 14.0. The molecule has 0 aliphatic carbocycles. The number of amides is 3. The van der Waals surface area contributed by atoms with Crippen molar-refractivity contribution in [2.45, 2.75) is 44.4 Å². The van der Waals surface area contributed by atoms with Crippen molar-refractivity contribution in [2.75, 3.05) is 37.6 Å². The highest BCUT2D eigenvalue weighted by Crippen LogP contribution is 2.47. The topological polar surface area (TPSA) is 129 Å². The van der Waals surface area contributed by atoms with E-state index in [1.165, 1.54) is 12.0 Å². The van der Waals surface area contributed by atoms with E-state index in [0.29, 0.717) is 40.5 Å². The van der Waals surface area contributed by atoms with Gasteiger partial charge in [-0.3, -0.25) is 14.4 Å². The van der Waals surface area contributed by atoms with Crippen LogP contribution in [0.3, 0.4) is 0 Å². The van der Waals surface area contributed by atoms with Crippen molar-refractivity contribution in [3.05, 3.63) is 95.6 Å². The minimum absolute atomic E-state index is 0.0630. The Morgan fingerprint density at radius 1 is 1.07 bits per heavy atom. The van der Waals surface area contributed by atoms with E-state index in [4.69, 9.17) is 9.47 Å². The third kappa shape index (κ3) is 6.43. The Bertz CT molecular complexity index is 1590. The molecule has 10 heteroatoms. The van der Waals surface area contributed by atoms with E-state index in [9.17, 15) is 24.6 Å². The molecule has 3 atom stereocenters. The Hall–Kier alpha value is -4.67. The molecule has 1 saturated heterocycles. The van der Waals surface area contributed by atoms with E-state index in [1.54, 1.807) is 91.7 Å². The number of aliphatic hydroxyl groups is 2. The number of nitrogens with zero attached hydrogens (tertiary/aromatic N) is 2. The summed E-state index contributed by atoms with van der Waals surface area (Å²) in [5.41, 5.74) is 0.855. The van der Waals surface area contributed by atoms with Crippen LogP contribution in [0.25, 0.3) is 0 Å². The zero-order valence-corrected chi connectivity index (χ0v) is 25.7. The number of hydrogen-bond donors (Lipinski definition) is 3. The van der Waals surface area contributed by atoms with Crippen LogP contribution in [-0.4, -0.2) is 66.2 Å². The van der Waals surface area contributed by atoms with Crippen molar-refractivity contribution in [3.8, 4) is 11.5 Å². The number of anilines is 2. The van der Waals surface area contributed by atoms with Gasteiger partial charge in [-0.15, -0.1) is 0 Å². The average Bonchev–Trinajstić information content (AvgIpc) is 3.63. The highest BCUT2D eigenvalue weighted by molar-refractivity contribution is 6.07. The van der Waals surface area contributed by atoms with Crippen LogP contribution in [0.4, 0.5) is 11.4 Å². The molecule has 0 aromatic heterocycles. The van der Waals surface area contributed by atoms with Gasteiger partial charge < -0.3 is 34.8 Å². The molecule has 3 aromatic carbocycles. The quantitative estimate of drug-likeness (QED) is 0.276. The maximum Gasteiger partial charge on any atom is 0.264 e. The van der Waals surface area contributed by atoms with Crippen LogP contribution in [0.5, 0.6) is 11.5 Å². The largest absolute Gasteiger partial charge is 0.497 e. The second-order valence-corrected chi connectivity index (χ2v) is 11.4. The highest BCUT2D eigenvalue weighted by atomic mass is 16.5. The molecule has 3 aromatic rings. The van der Waals surface area contributed by atoms with Crippen LogP contribution in [-0.2, 0) is 21.7 Å². The number of aliphatic hydroxyl groups excluding tert-OH is 1. The lowest BCUT2D eigenvalue weighted by Crippen LogP contribution is -2.44. The molecule has 2 aliphatic rings. The molecule has 236 valence electrons. The van der Waals surface area contributed by atoms with Crippen molar-refractivity contribution >= 4 is 29.1 Å². The number of carbonyl (C=O) groups is 3. The molecule has 0 saturated carbocycles. The predicted molar refractivity (Wildman–Crippen MR) is 170 cm³/mol. The Morgan fingerprint density at radius 2 is 1.80 bits per heavy atom. The number of rotatable bonds is 11. The van der Waals surface area contributed by atoms with E-state index < -0.39 is 17.4 Å². The number of fused-ring (bicyclic) bond motifs is 1. The Balaban J connectivity index is 1.34. The minimum Gasteiger partial charge on any atom is -0.497 e. The summed E-state index contributed by atoms with van der Waals surface area (Å²) in [6.07, 6.45) is 5.12. The molecule has 0 bridgehead atoms. The van der Waals surface area contributed by atoms with Gasteiger partial charge in [0.2, 0.25) is 5.91 Å². The summed E-state index contributed by atoms with van der Waals surface area (Å²) in [5.74, 6) is -0.395. The maximum atomic E-state index is 14.0. The zero-order chi connectivity index (χ0) is 32.1. The molecule has 0 unspecified atom stereocenters. The van der Waals surface area contributed by atoms with E-state index >= 15 is 0 Å². The van der Waals surface area contributed by atoms with Crippen molar-refractivity contribution in [1.82, 2.24) is 4.90 Å². The first-order valence-corrected chi connectivity index (χ1v) is 15.0. The van der Waals surface area contributed by atoms with Gasteiger partial charge in [0.25, 0.3) is 11.8 Å². The van der Waals surface area contributed by atoms with Gasteiger partial charge in [-0.2, -0.15) is 0 Å². The summed E-state index contributed by atoms with van der Waals surface area (Å²) in [6.45, 7) is 2.45. The van der Waals surface area contributed by atoms with Crippen molar-refractivity contribution in [3.63, 3.8) is 0 Å². The fourth-order valence-corrected chi connectivity index (χ4v) is 6.07. The lowest BCUT2D eigenvalue weighted by Gasteiger charge is -2.28. The van der Waals surface area contributed by atoms with Crippen molar-refractivity contribution < 1.29 is 34.1 Å². The fourth-order valence-electron chi connectivity index (χ4n) is 6.07. The second kappa shape index (κ2) is 13.5. The zero-order valence-electron chi connectivity index (χ0n) is 25.7. The highest BCUT2D eigenvalue weighted by Gasteiger charge is 2.52. The number of carbonyl (C=O) groups excluding carboxylic acids is 3. The van der Waals surface area contributed by atoms with Crippen LogP contribution >= 0.6 is 0 Å². The molecule has 10 nitrogen and oxygen atoms in total. The molecule has 0 spiro atoms. The Labute approximate surface area is 262 Å². The number of likely N-dealkylation sites (tertiary alicyclic amines) is 1. The molecule has 3 N–H and O–H groups in total. The summed E-state index contributed by atoms with van der Waals surface area (Å²) >= 11 is 0. The van der Waals surface area contributed by atoms with Crippen molar-refractivity contribution in [1.29, 1.82) is 0 Å². The van der Waals surface area contributed by atoms with E-state index in [0.717, 1.165) is 18.4 Å². The first-order chi connectivity index (χ1) is 21.7. The molecule has 3 amide bonds. The lowest BCUT2D eigenvalue weighted by atomic mass is 9.83. The Kier molecular flexibility index (Phi) is 9.55. The molecule has 5 rings (SSSR count). The molecule has 2 aliphatic heterocycles. The van der Waals surface area contributed by atoms with Gasteiger partial charge in [-0.1, -0.05) is 31.2 Å². The first kappa shape index (κ1) is 31.7. The van der Waals surface area contributed by atoms with Crippen molar-refractivity contribution in [2.24, 2.45) is 5.92 Å². The van der Waals surface area contributed by atoms with Crippen LogP contribution in [0.15, 0.2) is 78.9 Å². The van der Waals surface area contributed by atoms with Crippen LogP contribution in [0, 0.1) is 5.92 Å². The Morgan fingerprint density at radius 3 is 2.51 bits per heavy atom. The third-order valence-electron chi connectivity index (χ3n) is 8.64. The standard InChI is InChI=1S/C35H39N3O7/c1-23(7-4-11-32(40)37-18-6-10-27(37)22-39)35(43)30-20-29(45-3)16-17-31(30)38(34(35)42)21-24-8-5-9-26(19-24)36-33(41)25-12-14-28(44-2)15-13-25/h4-5,7-9,12-17,19-20,23,27,39,43H,6,10-11,18,21-22H2,1-3H3,(H,36,41)/b7-4+/t23-,27+,35+/m1/s1. The van der Waals surface area contributed by atoms with Gasteiger partial charge in [0.05, 0.1) is 39.1 Å². The normalized spacial score (nSPS) is 19.9. The summed E-state index contributed by atoms with van der Waals surface area (Å²) in [5, 5.41) is 24.5. The molecular formula is C35H39N3O7. The van der Waals surface area contributed by atoms with Crippen LogP contribution < -0.4 is 19.7 Å². The number of benzene rings is 3. The van der Waals surface area contributed by atoms with E-state index in [-0.39, 0.29) is 37.4 Å². The summed E-state index contributed by atoms with van der Waals surface area (Å²) in [6, 6.07) is 19.0. The summed E-state index contributed by atoms with van der Waals surface area (Å²) in [7, 11) is 3.08. The molecule has 0 radical (unpaired) electrons. The summed E-state index contributed by atoms with van der Waals surface area (Å²) < 4.78 is 10.6. The summed E-state index contributed by atoms with van der Waals surface area (Å²) in [4.78, 5) is 42.9.